The Morgan fingerprint density at radius 3 is 2.95 bits per heavy atom. The Balaban J connectivity index is 2.15. The molecule has 0 spiro atoms. The molecular formula is C15H13FN2O3. The number of halogens is 1. The summed E-state index contributed by atoms with van der Waals surface area (Å²) in [4.78, 5) is 12.1. The largest absolute Gasteiger partial charge is 0.384 e. The number of aliphatic hydroxyl groups is 1. The van der Waals surface area contributed by atoms with Gasteiger partial charge >= 0.3 is 0 Å². The summed E-state index contributed by atoms with van der Waals surface area (Å²) in [7, 11) is 0. The van der Waals surface area contributed by atoms with Crippen LogP contribution in [0.15, 0.2) is 28.8 Å². The van der Waals surface area contributed by atoms with Gasteiger partial charge in [0.2, 0.25) is 0 Å². The van der Waals surface area contributed by atoms with Gasteiger partial charge in [-0.2, -0.15) is 0 Å². The summed E-state index contributed by atoms with van der Waals surface area (Å²) < 4.78 is 18.2. The number of aryl methyl sites for hydroxylation is 1. The van der Waals surface area contributed by atoms with Gasteiger partial charge in [0.25, 0.3) is 5.91 Å². The van der Waals surface area contributed by atoms with Crippen LogP contribution >= 0.6 is 0 Å². The fraction of sp³-hybridized carbons (Fsp3) is 0.200. The Morgan fingerprint density at radius 1 is 1.48 bits per heavy atom. The lowest BCUT2D eigenvalue weighted by Crippen LogP contribution is -2.24. The summed E-state index contributed by atoms with van der Waals surface area (Å²) in [5.74, 6) is 4.67. The third-order valence-electron chi connectivity index (χ3n) is 2.64. The highest BCUT2D eigenvalue weighted by molar-refractivity contribution is 5.96. The van der Waals surface area contributed by atoms with E-state index >= 15 is 0 Å². The number of aromatic nitrogens is 1. The lowest BCUT2D eigenvalue weighted by Gasteiger charge is -2.05. The third kappa shape index (κ3) is 3.91. The molecule has 1 aromatic heterocycles. The van der Waals surface area contributed by atoms with E-state index in [1.54, 1.807) is 13.0 Å². The minimum absolute atomic E-state index is 0.108. The molecule has 1 amide bonds. The van der Waals surface area contributed by atoms with Gasteiger partial charge in [-0.15, -0.1) is 0 Å². The lowest BCUT2D eigenvalue weighted by molar-refractivity contribution is 0.0949. The number of nitrogens with one attached hydrogen (secondary N) is 1. The van der Waals surface area contributed by atoms with Gasteiger partial charge in [0.15, 0.2) is 0 Å². The molecule has 2 rings (SSSR count). The molecule has 2 N–H and O–H groups in total. The smallest absolute Gasteiger partial charge is 0.252 e. The van der Waals surface area contributed by atoms with Crippen LogP contribution < -0.4 is 5.32 Å². The predicted octanol–water partition coefficient (Wildman–Crippen LogP) is 1.40. The predicted molar refractivity (Wildman–Crippen MR) is 72.8 cm³/mol. The second kappa shape index (κ2) is 6.68. The van der Waals surface area contributed by atoms with E-state index in [2.05, 4.69) is 22.3 Å². The highest BCUT2D eigenvalue weighted by atomic mass is 19.1. The van der Waals surface area contributed by atoms with E-state index in [1.807, 2.05) is 0 Å². The van der Waals surface area contributed by atoms with Crippen LogP contribution in [0.25, 0.3) is 0 Å². The average Bonchev–Trinajstić information content (AvgIpc) is 2.89. The molecule has 0 unspecified atom stereocenters. The van der Waals surface area contributed by atoms with E-state index in [0.29, 0.717) is 17.0 Å². The van der Waals surface area contributed by atoms with Crippen molar-refractivity contribution in [1.82, 2.24) is 10.5 Å². The molecule has 0 fully saturated rings. The Bertz CT molecular complexity index is 713. The molecule has 0 aliphatic rings. The van der Waals surface area contributed by atoms with Crippen LogP contribution in [0.3, 0.4) is 0 Å². The molecule has 0 saturated heterocycles. The maximum atomic E-state index is 13.3. The average molecular weight is 288 g/mol. The first-order valence-corrected chi connectivity index (χ1v) is 6.20. The lowest BCUT2D eigenvalue weighted by atomic mass is 10.1. The molecule has 0 atom stereocenters. The summed E-state index contributed by atoms with van der Waals surface area (Å²) in [6.45, 7) is 1.57. The second-order valence-corrected chi connectivity index (χ2v) is 4.26. The molecule has 0 radical (unpaired) electrons. The molecule has 108 valence electrons. The van der Waals surface area contributed by atoms with Gasteiger partial charge in [0.05, 0.1) is 12.1 Å². The molecule has 21 heavy (non-hydrogen) atoms. The SMILES string of the molecule is Cc1cc(CNC(=O)c2cc(F)ccc2C#CCO)no1. The van der Waals surface area contributed by atoms with E-state index in [9.17, 15) is 9.18 Å². The molecule has 5 nitrogen and oxygen atoms in total. The van der Waals surface area contributed by atoms with Gasteiger partial charge in [-0.3, -0.25) is 4.79 Å². The normalized spacial score (nSPS) is 9.86. The quantitative estimate of drug-likeness (QED) is 0.837. The van der Waals surface area contributed by atoms with Crippen molar-refractivity contribution in [3.63, 3.8) is 0 Å². The Hall–Kier alpha value is -2.65. The highest BCUT2D eigenvalue weighted by Crippen LogP contribution is 2.11. The van der Waals surface area contributed by atoms with Gasteiger partial charge in [0, 0.05) is 11.6 Å². The third-order valence-corrected chi connectivity index (χ3v) is 2.64. The fourth-order valence-electron chi connectivity index (χ4n) is 1.72. The van der Waals surface area contributed by atoms with Gasteiger partial charge < -0.3 is 14.9 Å². The number of nitrogens with zero attached hydrogens (tertiary/aromatic N) is 1. The van der Waals surface area contributed by atoms with Crippen molar-refractivity contribution in [1.29, 1.82) is 0 Å². The zero-order chi connectivity index (χ0) is 15.2. The Morgan fingerprint density at radius 2 is 2.29 bits per heavy atom. The van der Waals surface area contributed by atoms with Crippen molar-refractivity contribution < 1.29 is 18.8 Å². The Labute approximate surface area is 120 Å². The summed E-state index contributed by atoms with van der Waals surface area (Å²) in [6, 6.07) is 5.40. The molecule has 1 aromatic carbocycles. The molecule has 0 saturated carbocycles. The van der Waals surface area contributed by atoms with E-state index in [4.69, 9.17) is 9.63 Å². The van der Waals surface area contributed by atoms with Crippen LogP contribution in [-0.4, -0.2) is 22.8 Å². The highest BCUT2D eigenvalue weighted by Gasteiger charge is 2.12. The molecule has 0 aliphatic carbocycles. The molecule has 0 aliphatic heterocycles. The molecule has 1 heterocycles. The second-order valence-electron chi connectivity index (χ2n) is 4.26. The first kappa shape index (κ1) is 14.8. The number of carbonyl (C=O) groups is 1. The van der Waals surface area contributed by atoms with Crippen LogP contribution in [0.1, 0.15) is 27.4 Å². The van der Waals surface area contributed by atoms with Crippen LogP contribution in [0.2, 0.25) is 0 Å². The standard InChI is InChI=1S/C15H13FN2O3/c1-10-7-13(18-21-10)9-17-15(20)14-8-12(16)5-4-11(14)3-2-6-19/h4-5,7-8,19H,6,9H2,1H3,(H,17,20). The fourth-order valence-corrected chi connectivity index (χ4v) is 1.72. The van der Waals surface area contributed by atoms with E-state index in [1.165, 1.54) is 12.1 Å². The monoisotopic (exact) mass is 288 g/mol. The molecular weight excluding hydrogens is 275 g/mol. The molecule has 0 bridgehead atoms. The van der Waals surface area contributed by atoms with Gasteiger partial charge in [-0.05, 0) is 25.1 Å². The zero-order valence-corrected chi connectivity index (χ0v) is 11.3. The van der Waals surface area contributed by atoms with Crippen molar-refractivity contribution in [2.75, 3.05) is 6.61 Å². The van der Waals surface area contributed by atoms with Crippen molar-refractivity contribution in [2.45, 2.75) is 13.5 Å². The van der Waals surface area contributed by atoms with E-state index < -0.39 is 11.7 Å². The van der Waals surface area contributed by atoms with Gasteiger partial charge in [0.1, 0.15) is 23.9 Å². The van der Waals surface area contributed by atoms with Crippen LogP contribution in [0.4, 0.5) is 4.39 Å². The number of aliphatic hydroxyl groups excluding tert-OH is 1. The van der Waals surface area contributed by atoms with Gasteiger partial charge in [-0.1, -0.05) is 17.0 Å². The minimum Gasteiger partial charge on any atom is -0.384 e. The number of carbonyl (C=O) groups excluding carboxylic acids is 1. The zero-order valence-electron chi connectivity index (χ0n) is 11.3. The number of benzene rings is 1. The maximum absolute atomic E-state index is 13.3. The van der Waals surface area contributed by atoms with Crippen LogP contribution in [0, 0.1) is 24.6 Å². The topological polar surface area (TPSA) is 75.4 Å². The number of amides is 1. The number of rotatable bonds is 3. The van der Waals surface area contributed by atoms with Gasteiger partial charge in [-0.25, -0.2) is 4.39 Å². The van der Waals surface area contributed by atoms with Crippen LogP contribution in [0.5, 0.6) is 0 Å². The number of hydrogen-bond donors (Lipinski definition) is 2. The first-order valence-electron chi connectivity index (χ1n) is 6.20. The van der Waals surface area contributed by atoms with Crippen molar-refractivity contribution in [3.05, 3.63) is 52.7 Å². The molecule has 6 heteroatoms. The maximum Gasteiger partial charge on any atom is 0.252 e. The number of hydrogen-bond acceptors (Lipinski definition) is 4. The van der Waals surface area contributed by atoms with E-state index in [-0.39, 0.29) is 18.7 Å². The van der Waals surface area contributed by atoms with Crippen molar-refractivity contribution >= 4 is 5.91 Å². The van der Waals surface area contributed by atoms with E-state index in [0.717, 1.165) is 6.07 Å². The summed E-state index contributed by atoms with van der Waals surface area (Å²) in [5.41, 5.74) is 1.02. The van der Waals surface area contributed by atoms with Crippen molar-refractivity contribution in [2.24, 2.45) is 0 Å². The summed E-state index contributed by atoms with van der Waals surface area (Å²) >= 11 is 0. The summed E-state index contributed by atoms with van der Waals surface area (Å²) in [5, 5.41) is 15.1. The Kier molecular flexibility index (Phi) is 4.69. The van der Waals surface area contributed by atoms with Crippen LogP contribution in [-0.2, 0) is 6.54 Å². The minimum atomic E-state index is -0.535. The molecule has 2 aromatic rings. The summed E-state index contributed by atoms with van der Waals surface area (Å²) in [6.07, 6.45) is 0. The van der Waals surface area contributed by atoms with Crippen molar-refractivity contribution in [3.8, 4) is 11.8 Å². The first-order chi connectivity index (χ1) is 10.1.